The zero-order valence-corrected chi connectivity index (χ0v) is 16.5. The summed E-state index contributed by atoms with van der Waals surface area (Å²) in [6.07, 6.45) is 0.853. The van der Waals surface area contributed by atoms with Crippen LogP contribution in [-0.2, 0) is 14.6 Å². The van der Waals surface area contributed by atoms with Gasteiger partial charge in [-0.15, -0.1) is 0 Å². The highest BCUT2D eigenvalue weighted by atomic mass is 32.2. The topological polar surface area (TPSA) is 72.5 Å². The van der Waals surface area contributed by atoms with Gasteiger partial charge in [-0.05, 0) is 34.9 Å². The van der Waals surface area contributed by atoms with Gasteiger partial charge in [0.25, 0.3) is 0 Å². The molecule has 0 aromatic heterocycles. The number of sulfone groups is 1. The largest absolute Gasteiger partial charge is 0.450 e. The molecule has 0 saturated carbocycles. The normalized spacial score (nSPS) is 12.5. The van der Waals surface area contributed by atoms with Gasteiger partial charge in [-0.3, -0.25) is 0 Å². The van der Waals surface area contributed by atoms with Crippen LogP contribution in [0.15, 0.2) is 77.7 Å². The molecule has 0 aliphatic heterocycles. The van der Waals surface area contributed by atoms with Gasteiger partial charge in [0.2, 0.25) is 9.84 Å². The standard InChI is InChI=1S/C22H23NO4S/c1-2-3-16-27-22(24)23-21(28(25,26)18-12-5-4-6-13-18)20-15-9-11-17-10-7-8-14-19(17)20/h4-15,21H,2-3,16H2,1H3,(H,23,24). The van der Waals surface area contributed by atoms with Crippen LogP contribution in [0.5, 0.6) is 0 Å². The Morgan fingerprint density at radius 1 is 0.964 bits per heavy atom. The van der Waals surface area contributed by atoms with Crippen molar-refractivity contribution in [3.05, 3.63) is 78.4 Å². The number of unbranched alkanes of at least 4 members (excludes halogenated alkanes) is 1. The van der Waals surface area contributed by atoms with Crippen molar-refractivity contribution in [2.75, 3.05) is 6.61 Å². The Bertz CT molecular complexity index is 1040. The van der Waals surface area contributed by atoms with Crippen molar-refractivity contribution in [3.8, 4) is 0 Å². The van der Waals surface area contributed by atoms with Gasteiger partial charge in [0.15, 0.2) is 5.37 Å². The average molecular weight is 397 g/mol. The second kappa shape index (κ2) is 8.89. The Balaban J connectivity index is 2.05. The molecule has 1 unspecified atom stereocenters. The molecule has 6 heteroatoms. The highest BCUT2D eigenvalue weighted by Crippen LogP contribution is 2.31. The van der Waals surface area contributed by atoms with E-state index in [0.29, 0.717) is 5.56 Å². The maximum Gasteiger partial charge on any atom is 0.408 e. The third-order valence-electron chi connectivity index (χ3n) is 4.47. The first kappa shape index (κ1) is 19.9. The van der Waals surface area contributed by atoms with Crippen molar-refractivity contribution in [1.82, 2.24) is 5.32 Å². The fourth-order valence-corrected chi connectivity index (χ4v) is 4.61. The fraction of sp³-hybridized carbons (Fsp3) is 0.227. The van der Waals surface area contributed by atoms with Gasteiger partial charge >= 0.3 is 6.09 Å². The molecular weight excluding hydrogens is 374 g/mol. The van der Waals surface area contributed by atoms with E-state index < -0.39 is 21.3 Å². The summed E-state index contributed by atoms with van der Waals surface area (Å²) in [6.45, 7) is 2.23. The Morgan fingerprint density at radius 3 is 2.39 bits per heavy atom. The van der Waals surface area contributed by atoms with Crippen LogP contribution in [0.3, 0.4) is 0 Å². The maximum absolute atomic E-state index is 13.4. The number of nitrogens with one attached hydrogen (secondary N) is 1. The molecule has 0 radical (unpaired) electrons. The van der Waals surface area contributed by atoms with Crippen LogP contribution in [0.4, 0.5) is 4.79 Å². The summed E-state index contributed by atoms with van der Waals surface area (Å²) in [5.41, 5.74) is 0.509. The maximum atomic E-state index is 13.4. The average Bonchev–Trinajstić information content (AvgIpc) is 2.72. The van der Waals surface area contributed by atoms with Crippen molar-refractivity contribution in [1.29, 1.82) is 0 Å². The number of ether oxygens (including phenoxy) is 1. The quantitative estimate of drug-likeness (QED) is 0.579. The number of amides is 1. The van der Waals surface area contributed by atoms with Gasteiger partial charge in [0.1, 0.15) is 0 Å². The van der Waals surface area contributed by atoms with Gasteiger partial charge in [0, 0.05) is 0 Å². The Kier molecular flexibility index (Phi) is 6.31. The van der Waals surface area contributed by atoms with Crippen LogP contribution in [0.25, 0.3) is 10.8 Å². The predicted molar refractivity (Wildman–Crippen MR) is 110 cm³/mol. The molecule has 1 amide bonds. The van der Waals surface area contributed by atoms with Gasteiger partial charge in [-0.25, -0.2) is 13.2 Å². The number of rotatable bonds is 7. The van der Waals surface area contributed by atoms with Crippen LogP contribution in [-0.4, -0.2) is 21.1 Å². The summed E-state index contributed by atoms with van der Waals surface area (Å²) >= 11 is 0. The van der Waals surface area contributed by atoms with E-state index in [0.717, 1.165) is 23.6 Å². The molecule has 0 aliphatic rings. The van der Waals surface area contributed by atoms with Crippen LogP contribution in [0.1, 0.15) is 30.7 Å². The van der Waals surface area contributed by atoms with Crippen molar-refractivity contribution < 1.29 is 17.9 Å². The lowest BCUT2D eigenvalue weighted by Crippen LogP contribution is -2.34. The summed E-state index contributed by atoms with van der Waals surface area (Å²) in [5, 5.41) is 2.98. The number of carbonyl (C=O) groups excluding carboxylic acids is 1. The summed E-state index contributed by atoms with van der Waals surface area (Å²) in [5.74, 6) is 0. The fourth-order valence-electron chi connectivity index (χ4n) is 3.01. The van der Waals surface area contributed by atoms with E-state index in [-0.39, 0.29) is 11.5 Å². The van der Waals surface area contributed by atoms with Gasteiger partial charge in [-0.1, -0.05) is 74.0 Å². The van der Waals surface area contributed by atoms with Crippen LogP contribution < -0.4 is 5.32 Å². The van der Waals surface area contributed by atoms with Crippen molar-refractivity contribution in [2.45, 2.75) is 30.0 Å². The lowest BCUT2D eigenvalue weighted by molar-refractivity contribution is 0.143. The lowest BCUT2D eigenvalue weighted by Gasteiger charge is -2.21. The molecule has 0 bridgehead atoms. The zero-order valence-electron chi connectivity index (χ0n) is 15.7. The van der Waals surface area contributed by atoms with Crippen LogP contribution in [0, 0.1) is 0 Å². The molecule has 0 saturated heterocycles. The Labute approximate surface area is 165 Å². The predicted octanol–water partition coefficient (Wildman–Crippen LogP) is 4.84. The number of hydrogen-bond donors (Lipinski definition) is 1. The molecule has 3 aromatic rings. The highest BCUT2D eigenvalue weighted by molar-refractivity contribution is 7.91. The molecule has 0 aliphatic carbocycles. The molecule has 5 nitrogen and oxygen atoms in total. The van der Waals surface area contributed by atoms with Crippen molar-refractivity contribution >= 4 is 26.7 Å². The second-order valence-corrected chi connectivity index (χ2v) is 8.47. The number of benzene rings is 3. The van der Waals surface area contributed by atoms with Gasteiger partial charge in [0.05, 0.1) is 11.5 Å². The number of fused-ring (bicyclic) bond motifs is 1. The van der Waals surface area contributed by atoms with E-state index in [1.807, 2.05) is 37.3 Å². The molecule has 3 rings (SSSR count). The molecule has 1 N–H and O–H groups in total. The van der Waals surface area contributed by atoms with E-state index in [9.17, 15) is 13.2 Å². The van der Waals surface area contributed by atoms with E-state index in [2.05, 4.69) is 5.32 Å². The smallest absolute Gasteiger partial charge is 0.408 e. The molecule has 0 heterocycles. The monoisotopic (exact) mass is 397 g/mol. The summed E-state index contributed by atoms with van der Waals surface area (Å²) in [4.78, 5) is 12.5. The molecule has 146 valence electrons. The zero-order chi connectivity index (χ0) is 20.0. The Hall–Kier alpha value is -2.86. The summed E-state index contributed by atoms with van der Waals surface area (Å²) < 4.78 is 31.9. The Morgan fingerprint density at radius 2 is 1.64 bits per heavy atom. The van der Waals surface area contributed by atoms with Gasteiger partial charge < -0.3 is 10.1 Å². The third-order valence-corrected chi connectivity index (χ3v) is 6.39. The molecule has 0 fully saturated rings. The van der Waals surface area contributed by atoms with Crippen LogP contribution in [0.2, 0.25) is 0 Å². The third kappa shape index (κ3) is 4.34. The number of hydrogen-bond acceptors (Lipinski definition) is 4. The molecule has 3 aromatic carbocycles. The van der Waals surface area contributed by atoms with E-state index >= 15 is 0 Å². The van der Waals surface area contributed by atoms with E-state index in [1.54, 1.807) is 30.3 Å². The molecule has 1 atom stereocenters. The molecule has 0 spiro atoms. The molecular formula is C22H23NO4S. The minimum Gasteiger partial charge on any atom is -0.450 e. The van der Waals surface area contributed by atoms with Crippen molar-refractivity contribution in [2.24, 2.45) is 0 Å². The lowest BCUT2D eigenvalue weighted by atomic mass is 10.0. The minimum atomic E-state index is -3.88. The summed E-state index contributed by atoms with van der Waals surface area (Å²) in [6, 6.07) is 21.0. The van der Waals surface area contributed by atoms with Gasteiger partial charge in [-0.2, -0.15) is 0 Å². The molecule has 28 heavy (non-hydrogen) atoms. The van der Waals surface area contributed by atoms with Crippen LogP contribution >= 0.6 is 0 Å². The van der Waals surface area contributed by atoms with Crippen molar-refractivity contribution in [3.63, 3.8) is 0 Å². The number of alkyl carbamates (subject to hydrolysis) is 1. The summed E-state index contributed by atoms with van der Waals surface area (Å²) in [7, 11) is -3.88. The minimum absolute atomic E-state index is 0.141. The first-order valence-corrected chi connectivity index (χ1v) is 10.8. The first-order valence-electron chi connectivity index (χ1n) is 9.24. The highest BCUT2D eigenvalue weighted by Gasteiger charge is 2.32. The second-order valence-electron chi connectivity index (χ2n) is 6.44. The first-order chi connectivity index (χ1) is 13.5. The van der Waals surface area contributed by atoms with E-state index in [4.69, 9.17) is 4.74 Å². The van der Waals surface area contributed by atoms with E-state index in [1.165, 1.54) is 12.1 Å². The SMILES string of the molecule is CCCCOC(=O)NC(c1cccc2ccccc12)S(=O)(=O)c1ccccc1. The number of carbonyl (C=O) groups is 1.